The van der Waals surface area contributed by atoms with E-state index in [4.69, 9.17) is 5.11 Å². The molecule has 0 aliphatic rings. The normalized spacial score (nSPS) is 11.1. The Kier molecular flexibility index (Phi) is 3.20. The van der Waals surface area contributed by atoms with E-state index in [9.17, 15) is 0 Å². The minimum absolute atomic E-state index is 0.216. The van der Waals surface area contributed by atoms with Gasteiger partial charge >= 0.3 is 0 Å². The Hall–Kier alpha value is -0.690. The predicted octanol–water partition coefficient (Wildman–Crippen LogP) is 1.57. The number of aromatic nitrogens is 3. The van der Waals surface area contributed by atoms with E-state index >= 15 is 0 Å². The first-order valence-corrected chi connectivity index (χ1v) is 5.90. The molecule has 0 radical (unpaired) electrons. The van der Waals surface area contributed by atoms with Crippen LogP contribution in [0.1, 0.15) is 17.7 Å². The standard InChI is InChI=1S/C10H12IN3O/c1-7-9(11)10-12-5-8(3-2-4-15)6-14(10)13-7/h5-6,15H,2-4H2,1H3. The van der Waals surface area contributed by atoms with Gasteiger partial charge in [-0.15, -0.1) is 0 Å². The molecule has 0 bridgehead atoms. The van der Waals surface area contributed by atoms with Gasteiger partial charge in [-0.05, 0) is 47.9 Å². The molecule has 0 atom stereocenters. The van der Waals surface area contributed by atoms with Gasteiger partial charge in [0.15, 0.2) is 5.65 Å². The Labute approximate surface area is 101 Å². The zero-order valence-corrected chi connectivity index (χ0v) is 10.6. The van der Waals surface area contributed by atoms with Crippen LogP contribution in [0.25, 0.3) is 5.65 Å². The van der Waals surface area contributed by atoms with E-state index in [0.29, 0.717) is 0 Å². The average Bonchev–Trinajstić information content (AvgIpc) is 2.52. The van der Waals surface area contributed by atoms with Crippen molar-refractivity contribution in [1.82, 2.24) is 14.6 Å². The van der Waals surface area contributed by atoms with Crippen molar-refractivity contribution >= 4 is 28.2 Å². The van der Waals surface area contributed by atoms with Crippen LogP contribution in [0, 0.1) is 10.5 Å². The molecule has 80 valence electrons. The van der Waals surface area contributed by atoms with Gasteiger partial charge < -0.3 is 5.11 Å². The number of nitrogens with zero attached hydrogens (tertiary/aromatic N) is 3. The molecule has 0 aromatic carbocycles. The van der Waals surface area contributed by atoms with Crippen molar-refractivity contribution in [1.29, 1.82) is 0 Å². The number of rotatable bonds is 3. The smallest absolute Gasteiger partial charge is 0.168 e. The van der Waals surface area contributed by atoms with Crippen LogP contribution in [0.3, 0.4) is 0 Å². The maximum Gasteiger partial charge on any atom is 0.168 e. The van der Waals surface area contributed by atoms with Gasteiger partial charge in [-0.2, -0.15) is 5.10 Å². The lowest BCUT2D eigenvalue weighted by atomic mass is 10.2. The average molecular weight is 317 g/mol. The molecule has 0 spiro atoms. The summed E-state index contributed by atoms with van der Waals surface area (Å²) in [5.74, 6) is 0. The predicted molar refractivity (Wildman–Crippen MR) is 65.8 cm³/mol. The van der Waals surface area contributed by atoms with Gasteiger partial charge in [0.2, 0.25) is 0 Å². The second-order valence-corrected chi connectivity index (χ2v) is 4.54. The zero-order valence-electron chi connectivity index (χ0n) is 8.44. The summed E-state index contributed by atoms with van der Waals surface area (Å²) in [7, 11) is 0. The fraction of sp³-hybridized carbons (Fsp3) is 0.400. The number of aliphatic hydroxyl groups is 1. The Morgan fingerprint density at radius 2 is 2.33 bits per heavy atom. The fourth-order valence-corrected chi connectivity index (χ4v) is 1.96. The summed E-state index contributed by atoms with van der Waals surface area (Å²) < 4.78 is 2.91. The van der Waals surface area contributed by atoms with E-state index in [0.717, 1.165) is 33.3 Å². The maximum absolute atomic E-state index is 8.75. The van der Waals surface area contributed by atoms with Gasteiger partial charge in [-0.25, -0.2) is 9.50 Å². The molecule has 1 N–H and O–H groups in total. The van der Waals surface area contributed by atoms with E-state index < -0.39 is 0 Å². The largest absolute Gasteiger partial charge is 0.396 e. The van der Waals surface area contributed by atoms with Crippen molar-refractivity contribution in [2.75, 3.05) is 6.61 Å². The quantitative estimate of drug-likeness (QED) is 0.874. The molecule has 2 heterocycles. The second kappa shape index (κ2) is 4.44. The molecule has 0 unspecified atom stereocenters. The molecule has 0 saturated carbocycles. The van der Waals surface area contributed by atoms with Gasteiger partial charge in [-0.1, -0.05) is 0 Å². The number of halogens is 1. The third-order valence-corrected chi connectivity index (χ3v) is 3.52. The molecule has 4 nitrogen and oxygen atoms in total. The van der Waals surface area contributed by atoms with E-state index in [2.05, 4.69) is 32.7 Å². The van der Waals surface area contributed by atoms with Crippen molar-refractivity contribution in [2.24, 2.45) is 0 Å². The van der Waals surface area contributed by atoms with Gasteiger partial charge in [0, 0.05) is 19.0 Å². The Morgan fingerprint density at radius 1 is 1.53 bits per heavy atom. The molecule has 0 fully saturated rings. The van der Waals surface area contributed by atoms with Gasteiger partial charge in [0.1, 0.15) is 0 Å². The van der Waals surface area contributed by atoms with Gasteiger partial charge in [-0.3, -0.25) is 0 Å². The number of fused-ring (bicyclic) bond motifs is 1. The molecule has 0 saturated heterocycles. The van der Waals surface area contributed by atoms with Crippen LogP contribution in [-0.4, -0.2) is 26.3 Å². The highest BCUT2D eigenvalue weighted by molar-refractivity contribution is 14.1. The fourth-order valence-electron chi connectivity index (χ4n) is 1.47. The number of aliphatic hydroxyl groups excluding tert-OH is 1. The molecular weight excluding hydrogens is 305 g/mol. The molecule has 2 aromatic rings. The van der Waals surface area contributed by atoms with Gasteiger partial charge in [0.05, 0.1) is 9.26 Å². The molecule has 15 heavy (non-hydrogen) atoms. The van der Waals surface area contributed by atoms with Crippen LogP contribution in [0.2, 0.25) is 0 Å². The van der Waals surface area contributed by atoms with E-state index in [-0.39, 0.29) is 6.61 Å². The van der Waals surface area contributed by atoms with E-state index in [1.54, 1.807) is 0 Å². The first kappa shape index (κ1) is 10.8. The molecule has 0 aliphatic heterocycles. The monoisotopic (exact) mass is 317 g/mol. The van der Waals surface area contributed by atoms with E-state index in [1.165, 1.54) is 0 Å². The van der Waals surface area contributed by atoms with Crippen LogP contribution < -0.4 is 0 Å². The molecule has 0 aliphatic carbocycles. The minimum atomic E-state index is 0.216. The first-order chi connectivity index (χ1) is 7.22. The third kappa shape index (κ3) is 2.12. The van der Waals surface area contributed by atoms with Crippen molar-refractivity contribution in [3.05, 3.63) is 27.2 Å². The summed E-state index contributed by atoms with van der Waals surface area (Å²) in [6, 6.07) is 0. The summed E-state index contributed by atoms with van der Waals surface area (Å²) in [4.78, 5) is 4.37. The van der Waals surface area contributed by atoms with Crippen molar-refractivity contribution in [3.8, 4) is 0 Å². The zero-order chi connectivity index (χ0) is 10.8. The van der Waals surface area contributed by atoms with Gasteiger partial charge in [0.25, 0.3) is 0 Å². The summed E-state index contributed by atoms with van der Waals surface area (Å²) >= 11 is 2.25. The van der Waals surface area contributed by atoms with E-state index in [1.807, 2.05) is 23.8 Å². The molecule has 2 rings (SSSR count). The maximum atomic E-state index is 8.75. The molecular formula is C10H12IN3O. The minimum Gasteiger partial charge on any atom is -0.396 e. The summed E-state index contributed by atoms with van der Waals surface area (Å²) in [6.45, 7) is 2.19. The Morgan fingerprint density at radius 3 is 3.07 bits per heavy atom. The highest BCUT2D eigenvalue weighted by Crippen LogP contribution is 2.16. The number of hydrogen-bond donors (Lipinski definition) is 1. The molecule has 2 aromatic heterocycles. The topological polar surface area (TPSA) is 50.4 Å². The second-order valence-electron chi connectivity index (χ2n) is 3.46. The Balaban J connectivity index is 2.39. The van der Waals surface area contributed by atoms with Crippen molar-refractivity contribution < 1.29 is 5.11 Å². The van der Waals surface area contributed by atoms with Crippen LogP contribution in [0.5, 0.6) is 0 Å². The number of hydrogen-bond acceptors (Lipinski definition) is 3. The highest BCUT2D eigenvalue weighted by atomic mass is 127. The highest BCUT2D eigenvalue weighted by Gasteiger charge is 2.07. The van der Waals surface area contributed by atoms with Crippen LogP contribution in [0.4, 0.5) is 0 Å². The summed E-state index contributed by atoms with van der Waals surface area (Å²) in [5.41, 5.74) is 3.01. The first-order valence-electron chi connectivity index (χ1n) is 4.82. The van der Waals surface area contributed by atoms with Crippen LogP contribution in [0.15, 0.2) is 12.4 Å². The van der Waals surface area contributed by atoms with Crippen LogP contribution >= 0.6 is 22.6 Å². The SMILES string of the molecule is Cc1nn2cc(CCCO)cnc2c1I. The van der Waals surface area contributed by atoms with Crippen molar-refractivity contribution in [3.63, 3.8) is 0 Å². The van der Waals surface area contributed by atoms with Crippen molar-refractivity contribution in [2.45, 2.75) is 19.8 Å². The third-order valence-electron chi connectivity index (χ3n) is 2.25. The number of aryl methyl sites for hydroxylation is 2. The Bertz CT molecular complexity index is 481. The lowest BCUT2D eigenvalue weighted by Crippen LogP contribution is -1.96. The molecule has 0 amide bonds. The lowest BCUT2D eigenvalue weighted by Gasteiger charge is -1.99. The summed E-state index contributed by atoms with van der Waals surface area (Å²) in [5, 5.41) is 13.1. The summed E-state index contributed by atoms with van der Waals surface area (Å²) in [6.07, 6.45) is 5.45. The lowest BCUT2D eigenvalue weighted by molar-refractivity contribution is 0.288. The molecule has 5 heteroatoms. The van der Waals surface area contributed by atoms with Crippen LogP contribution in [-0.2, 0) is 6.42 Å².